The molecule has 0 aliphatic carbocycles. The molecule has 0 heterocycles. The summed E-state index contributed by atoms with van der Waals surface area (Å²) in [6.07, 6.45) is 0. The van der Waals surface area contributed by atoms with Gasteiger partial charge in [-0.1, -0.05) is 29.3 Å². The number of hydrogen-bond donors (Lipinski definition) is 0. The molecule has 0 aromatic heterocycles. The number of rotatable bonds is 4. The zero-order chi connectivity index (χ0) is 14.7. The van der Waals surface area contributed by atoms with Gasteiger partial charge in [0.1, 0.15) is 6.61 Å². The third-order valence-electron chi connectivity index (χ3n) is 2.50. The second kappa shape index (κ2) is 6.43. The summed E-state index contributed by atoms with van der Waals surface area (Å²) in [7, 11) is 0. The molecule has 2 aromatic rings. The van der Waals surface area contributed by atoms with Crippen LogP contribution in [0.4, 0.5) is 5.69 Å². The van der Waals surface area contributed by atoms with Gasteiger partial charge < -0.3 is 4.74 Å². The van der Waals surface area contributed by atoms with Crippen LogP contribution in [0, 0.1) is 10.1 Å². The quantitative estimate of drug-likeness (QED) is 0.541. The minimum atomic E-state index is -0.529. The van der Waals surface area contributed by atoms with Crippen molar-refractivity contribution < 1.29 is 9.66 Å². The Kier molecular flexibility index (Phi) is 4.86. The average molecular weight is 377 g/mol. The standard InChI is InChI=1S/C13H8BrCl2NO3/c14-10-5-8(1-3-11(10)16)7-20-13-4-2-9(15)6-12(13)17(18)19/h1-6H,7H2. The van der Waals surface area contributed by atoms with Crippen molar-refractivity contribution in [3.63, 3.8) is 0 Å². The lowest BCUT2D eigenvalue weighted by Crippen LogP contribution is -1.99. The first-order valence-corrected chi connectivity index (χ1v) is 7.03. The van der Waals surface area contributed by atoms with Crippen molar-refractivity contribution in [3.05, 3.63) is 66.6 Å². The van der Waals surface area contributed by atoms with Gasteiger partial charge in [0.25, 0.3) is 0 Å². The first-order chi connectivity index (χ1) is 9.47. The van der Waals surface area contributed by atoms with Crippen LogP contribution in [0.15, 0.2) is 40.9 Å². The molecule has 0 spiro atoms. The van der Waals surface area contributed by atoms with Gasteiger partial charge >= 0.3 is 5.69 Å². The molecule has 20 heavy (non-hydrogen) atoms. The Balaban J connectivity index is 2.18. The summed E-state index contributed by atoms with van der Waals surface area (Å²) in [5.74, 6) is 0.172. The van der Waals surface area contributed by atoms with E-state index < -0.39 is 4.92 Å². The average Bonchev–Trinajstić information content (AvgIpc) is 2.41. The Bertz CT molecular complexity index is 664. The summed E-state index contributed by atoms with van der Waals surface area (Å²) >= 11 is 14.9. The van der Waals surface area contributed by atoms with Gasteiger partial charge in [-0.2, -0.15) is 0 Å². The van der Waals surface area contributed by atoms with Gasteiger partial charge in [-0.05, 0) is 45.8 Å². The van der Waals surface area contributed by atoms with E-state index in [0.717, 1.165) is 10.0 Å². The van der Waals surface area contributed by atoms with Crippen LogP contribution < -0.4 is 4.74 Å². The molecular formula is C13H8BrCl2NO3. The van der Waals surface area contributed by atoms with Crippen molar-refractivity contribution in [1.82, 2.24) is 0 Å². The number of hydrogen-bond acceptors (Lipinski definition) is 3. The fraction of sp³-hybridized carbons (Fsp3) is 0.0769. The van der Waals surface area contributed by atoms with Crippen LogP contribution in [-0.4, -0.2) is 4.92 Å². The summed E-state index contributed by atoms with van der Waals surface area (Å²) in [4.78, 5) is 10.4. The molecule has 2 rings (SSSR count). The van der Waals surface area contributed by atoms with Crippen molar-refractivity contribution in [2.45, 2.75) is 6.61 Å². The van der Waals surface area contributed by atoms with Crippen molar-refractivity contribution in [2.24, 2.45) is 0 Å². The highest BCUT2D eigenvalue weighted by Gasteiger charge is 2.15. The molecule has 0 atom stereocenters. The minimum Gasteiger partial charge on any atom is -0.482 e. The molecule has 0 bridgehead atoms. The summed E-state index contributed by atoms with van der Waals surface area (Å²) < 4.78 is 6.21. The van der Waals surface area contributed by atoms with Gasteiger partial charge in [0.15, 0.2) is 5.75 Å². The first kappa shape index (κ1) is 15.1. The van der Waals surface area contributed by atoms with Gasteiger partial charge in [0.05, 0.1) is 9.95 Å². The van der Waals surface area contributed by atoms with Crippen LogP contribution in [0.5, 0.6) is 5.75 Å². The number of benzene rings is 2. The number of halogens is 3. The number of nitrogens with zero attached hydrogens (tertiary/aromatic N) is 1. The summed E-state index contributed by atoms with van der Waals surface area (Å²) in [5.41, 5.74) is 0.677. The maximum Gasteiger partial charge on any atom is 0.312 e. The molecule has 4 nitrogen and oxygen atoms in total. The first-order valence-electron chi connectivity index (χ1n) is 5.48. The van der Waals surface area contributed by atoms with Gasteiger partial charge in [0, 0.05) is 15.6 Å². The fourth-order valence-corrected chi connectivity index (χ4v) is 2.26. The lowest BCUT2D eigenvalue weighted by atomic mass is 10.2. The lowest BCUT2D eigenvalue weighted by Gasteiger charge is -2.08. The molecule has 0 saturated carbocycles. The Labute approximate surface area is 133 Å². The van der Waals surface area contributed by atoms with E-state index in [1.807, 2.05) is 0 Å². The molecule has 0 amide bonds. The van der Waals surface area contributed by atoms with E-state index in [9.17, 15) is 10.1 Å². The highest BCUT2D eigenvalue weighted by molar-refractivity contribution is 9.10. The van der Waals surface area contributed by atoms with Crippen LogP contribution >= 0.6 is 39.1 Å². The summed E-state index contributed by atoms with van der Waals surface area (Å²) in [6, 6.07) is 9.58. The largest absolute Gasteiger partial charge is 0.482 e. The lowest BCUT2D eigenvalue weighted by molar-refractivity contribution is -0.385. The monoisotopic (exact) mass is 375 g/mol. The Morgan fingerprint density at radius 3 is 2.60 bits per heavy atom. The topological polar surface area (TPSA) is 52.4 Å². The molecule has 2 aromatic carbocycles. The zero-order valence-electron chi connectivity index (χ0n) is 9.98. The van der Waals surface area contributed by atoms with E-state index >= 15 is 0 Å². The molecule has 7 heteroatoms. The maximum atomic E-state index is 10.9. The predicted molar refractivity (Wildman–Crippen MR) is 81.6 cm³/mol. The van der Waals surface area contributed by atoms with Crippen molar-refractivity contribution >= 4 is 44.8 Å². The molecule has 0 N–H and O–H groups in total. The number of ether oxygens (including phenoxy) is 1. The number of nitro benzene ring substituents is 1. The molecule has 0 unspecified atom stereocenters. The second-order valence-corrected chi connectivity index (χ2v) is 5.60. The highest BCUT2D eigenvalue weighted by atomic mass is 79.9. The van der Waals surface area contributed by atoms with Gasteiger partial charge in [-0.25, -0.2) is 0 Å². The van der Waals surface area contributed by atoms with E-state index in [1.54, 1.807) is 24.3 Å². The molecule has 0 fully saturated rings. The van der Waals surface area contributed by atoms with Gasteiger partial charge in [0.2, 0.25) is 0 Å². The summed E-state index contributed by atoms with van der Waals surface area (Å²) in [6.45, 7) is 0.193. The van der Waals surface area contributed by atoms with Crippen molar-refractivity contribution in [3.8, 4) is 5.75 Å². The molecule has 0 saturated heterocycles. The third kappa shape index (κ3) is 3.62. The van der Waals surface area contributed by atoms with Gasteiger partial charge in [-0.3, -0.25) is 10.1 Å². The third-order valence-corrected chi connectivity index (χ3v) is 3.95. The van der Waals surface area contributed by atoms with Crippen LogP contribution in [0.3, 0.4) is 0 Å². The van der Waals surface area contributed by atoms with Crippen molar-refractivity contribution in [2.75, 3.05) is 0 Å². The molecule has 0 aliphatic rings. The van der Waals surface area contributed by atoms with E-state index in [1.165, 1.54) is 12.1 Å². The molecular weight excluding hydrogens is 369 g/mol. The fourth-order valence-electron chi connectivity index (χ4n) is 1.55. The smallest absolute Gasteiger partial charge is 0.312 e. The highest BCUT2D eigenvalue weighted by Crippen LogP contribution is 2.31. The predicted octanol–water partition coefficient (Wildman–Crippen LogP) is 5.24. The van der Waals surface area contributed by atoms with E-state index in [4.69, 9.17) is 27.9 Å². The SMILES string of the molecule is O=[N+]([O-])c1cc(Cl)ccc1OCc1ccc(Cl)c(Br)c1. The maximum absolute atomic E-state index is 10.9. The molecule has 104 valence electrons. The van der Waals surface area contributed by atoms with Crippen LogP contribution in [0.1, 0.15) is 5.56 Å². The second-order valence-electron chi connectivity index (χ2n) is 3.91. The normalized spacial score (nSPS) is 10.3. The van der Waals surface area contributed by atoms with Crippen LogP contribution in [0.2, 0.25) is 10.0 Å². The van der Waals surface area contributed by atoms with E-state index in [2.05, 4.69) is 15.9 Å². The Morgan fingerprint density at radius 2 is 1.95 bits per heavy atom. The van der Waals surface area contributed by atoms with Crippen LogP contribution in [0.25, 0.3) is 0 Å². The van der Waals surface area contributed by atoms with Crippen LogP contribution in [-0.2, 0) is 6.61 Å². The Hall–Kier alpha value is -1.30. The molecule has 0 aliphatic heterocycles. The zero-order valence-corrected chi connectivity index (χ0v) is 13.1. The van der Waals surface area contributed by atoms with E-state index in [-0.39, 0.29) is 18.0 Å². The summed E-state index contributed by atoms with van der Waals surface area (Å²) in [5, 5.41) is 11.8. The van der Waals surface area contributed by atoms with E-state index in [0.29, 0.717) is 10.0 Å². The Morgan fingerprint density at radius 1 is 1.20 bits per heavy atom. The minimum absolute atomic E-state index is 0.162. The molecule has 0 radical (unpaired) electrons. The number of nitro groups is 1. The van der Waals surface area contributed by atoms with Gasteiger partial charge in [-0.15, -0.1) is 0 Å². The van der Waals surface area contributed by atoms with Crippen molar-refractivity contribution in [1.29, 1.82) is 0 Å².